The molecule has 0 bridgehead atoms. The molecule has 0 saturated heterocycles. The van der Waals surface area contributed by atoms with Crippen molar-refractivity contribution in [2.45, 2.75) is 58.1 Å². The van der Waals surface area contributed by atoms with Gasteiger partial charge < -0.3 is 24.6 Å². The topological polar surface area (TPSA) is 111 Å². The van der Waals surface area contributed by atoms with Gasteiger partial charge in [0.1, 0.15) is 23.3 Å². The molecule has 3 rings (SSSR count). The van der Waals surface area contributed by atoms with Crippen LogP contribution in [0.4, 0.5) is 8.78 Å². The lowest BCUT2D eigenvalue weighted by Gasteiger charge is -2.15. The molecule has 41 heavy (non-hydrogen) atoms. The van der Waals surface area contributed by atoms with Gasteiger partial charge >= 0.3 is 18.6 Å². The third-order valence-electron chi connectivity index (χ3n) is 6.13. The van der Waals surface area contributed by atoms with Crippen molar-refractivity contribution in [2.75, 3.05) is 6.61 Å². The van der Waals surface area contributed by atoms with Gasteiger partial charge in [-0.1, -0.05) is 44.7 Å². The molecule has 0 saturated carbocycles. The maximum Gasteiger partial charge on any atom is 0.387 e. The van der Waals surface area contributed by atoms with E-state index in [1.165, 1.54) is 55.7 Å². The molecule has 10 heteroatoms. The Kier molecular flexibility index (Phi) is 12.1. The van der Waals surface area contributed by atoms with E-state index in [0.717, 1.165) is 12.8 Å². The van der Waals surface area contributed by atoms with Crippen molar-refractivity contribution in [1.29, 1.82) is 0 Å². The summed E-state index contributed by atoms with van der Waals surface area (Å²) in [6.07, 6.45) is 5.68. The number of esters is 1. The molecule has 0 spiro atoms. The van der Waals surface area contributed by atoms with E-state index in [1.54, 1.807) is 36.4 Å². The number of alkyl halides is 2. The molecule has 0 aliphatic rings. The van der Waals surface area contributed by atoms with Crippen LogP contribution in [0.15, 0.2) is 72.8 Å². The molecule has 0 aromatic heterocycles. The number of nitrogens with one attached hydrogen (secondary N) is 1. The number of carbonyl (C=O) groups is 3. The summed E-state index contributed by atoms with van der Waals surface area (Å²) in [6.45, 7) is -0.203. The van der Waals surface area contributed by atoms with Crippen LogP contribution in [0.5, 0.6) is 17.2 Å². The van der Waals surface area contributed by atoms with E-state index >= 15 is 0 Å². The number of hydrogen-bond acceptors (Lipinski definition) is 6. The number of rotatable bonds is 16. The van der Waals surface area contributed by atoms with Gasteiger partial charge in [0, 0.05) is 12.0 Å². The van der Waals surface area contributed by atoms with Gasteiger partial charge in [0.05, 0.1) is 12.2 Å². The Hall–Kier alpha value is -4.47. The second-order valence-electron chi connectivity index (χ2n) is 9.29. The number of ether oxygens (including phenoxy) is 3. The fourth-order valence-corrected chi connectivity index (χ4v) is 3.91. The summed E-state index contributed by atoms with van der Waals surface area (Å²) in [5.41, 5.74) is 1.02. The zero-order valence-electron chi connectivity index (χ0n) is 22.7. The predicted molar refractivity (Wildman–Crippen MR) is 148 cm³/mol. The maximum absolute atomic E-state index is 12.5. The zero-order chi connectivity index (χ0) is 29.6. The second-order valence-corrected chi connectivity index (χ2v) is 9.29. The van der Waals surface area contributed by atoms with Gasteiger partial charge in [-0.3, -0.25) is 4.79 Å². The van der Waals surface area contributed by atoms with Crippen molar-refractivity contribution in [3.05, 3.63) is 89.5 Å². The van der Waals surface area contributed by atoms with E-state index in [4.69, 9.17) is 9.47 Å². The largest absolute Gasteiger partial charge is 0.494 e. The van der Waals surface area contributed by atoms with Crippen LogP contribution >= 0.6 is 0 Å². The highest BCUT2D eigenvalue weighted by Crippen LogP contribution is 2.19. The third kappa shape index (κ3) is 10.6. The average Bonchev–Trinajstić information content (AvgIpc) is 2.95. The van der Waals surface area contributed by atoms with Crippen molar-refractivity contribution in [3.8, 4) is 17.2 Å². The molecule has 218 valence electrons. The molecule has 8 nitrogen and oxygen atoms in total. The van der Waals surface area contributed by atoms with Crippen molar-refractivity contribution in [2.24, 2.45) is 0 Å². The molecule has 3 aromatic carbocycles. The van der Waals surface area contributed by atoms with Crippen molar-refractivity contribution in [1.82, 2.24) is 5.32 Å². The van der Waals surface area contributed by atoms with Crippen LogP contribution in [-0.4, -0.2) is 42.2 Å². The fraction of sp³-hybridized carbons (Fsp3) is 0.323. The number of carboxylic acids is 1. The highest BCUT2D eigenvalue weighted by Gasteiger charge is 2.21. The molecule has 0 aliphatic carbocycles. The van der Waals surface area contributed by atoms with Crippen LogP contribution in [0.3, 0.4) is 0 Å². The SMILES string of the molecule is CCCCCCCOc1ccc(C(=O)Oc2ccc(C[C@H](NC(=O)c3ccc(OC(F)F)cc3)C(=O)O)cc2)cc1. The van der Waals surface area contributed by atoms with Crippen LogP contribution in [0.25, 0.3) is 0 Å². The summed E-state index contributed by atoms with van der Waals surface area (Å²) in [5, 5.41) is 12.0. The Bertz CT molecular complexity index is 1260. The number of benzene rings is 3. The number of carboxylic acid groups (broad SMARTS) is 1. The molecule has 2 N–H and O–H groups in total. The lowest BCUT2D eigenvalue weighted by atomic mass is 10.1. The van der Waals surface area contributed by atoms with Crippen molar-refractivity contribution >= 4 is 17.8 Å². The summed E-state index contributed by atoms with van der Waals surface area (Å²) in [5.74, 6) is -1.66. The monoisotopic (exact) mass is 569 g/mol. The number of unbranched alkanes of at least 4 members (excludes halogenated alkanes) is 4. The Balaban J connectivity index is 1.50. The molecule has 1 atom stereocenters. The van der Waals surface area contributed by atoms with Gasteiger partial charge in [0.15, 0.2) is 0 Å². The second kappa shape index (κ2) is 16.0. The summed E-state index contributed by atoms with van der Waals surface area (Å²) >= 11 is 0. The first-order valence-corrected chi connectivity index (χ1v) is 13.4. The van der Waals surface area contributed by atoms with Crippen molar-refractivity contribution < 1.29 is 42.5 Å². The number of aliphatic carboxylic acids is 1. The molecule has 0 heterocycles. The smallest absolute Gasteiger partial charge is 0.387 e. The Morgan fingerprint density at radius 3 is 1.98 bits per heavy atom. The van der Waals surface area contributed by atoms with E-state index in [2.05, 4.69) is 17.0 Å². The third-order valence-corrected chi connectivity index (χ3v) is 6.13. The lowest BCUT2D eigenvalue weighted by molar-refractivity contribution is -0.139. The van der Waals surface area contributed by atoms with Crippen LogP contribution in [0.2, 0.25) is 0 Å². The van der Waals surface area contributed by atoms with Gasteiger partial charge in [-0.05, 0) is 72.6 Å². The normalized spacial score (nSPS) is 11.5. The van der Waals surface area contributed by atoms with Gasteiger partial charge in [-0.2, -0.15) is 8.78 Å². The molecule has 0 radical (unpaired) electrons. The minimum Gasteiger partial charge on any atom is -0.494 e. The summed E-state index contributed by atoms with van der Waals surface area (Å²) < 4.78 is 40.0. The van der Waals surface area contributed by atoms with E-state index < -0.39 is 30.5 Å². The van der Waals surface area contributed by atoms with Crippen LogP contribution in [-0.2, 0) is 11.2 Å². The van der Waals surface area contributed by atoms with Crippen molar-refractivity contribution in [3.63, 3.8) is 0 Å². The minimum atomic E-state index is -3.00. The zero-order valence-corrected chi connectivity index (χ0v) is 22.7. The molecule has 3 aromatic rings. The first-order chi connectivity index (χ1) is 19.7. The first-order valence-electron chi connectivity index (χ1n) is 13.4. The van der Waals surface area contributed by atoms with Crippen LogP contribution in [0.1, 0.15) is 65.3 Å². The van der Waals surface area contributed by atoms with Crippen LogP contribution < -0.4 is 19.5 Å². The molecule has 0 aliphatic heterocycles. The average molecular weight is 570 g/mol. The van der Waals surface area contributed by atoms with Gasteiger partial charge in [-0.25, -0.2) is 9.59 Å². The van der Waals surface area contributed by atoms with Gasteiger partial charge in [0.2, 0.25) is 0 Å². The van der Waals surface area contributed by atoms with E-state index in [1.807, 2.05) is 0 Å². The first kappa shape index (κ1) is 31.1. The van der Waals surface area contributed by atoms with E-state index in [9.17, 15) is 28.3 Å². The molecule has 0 fully saturated rings. The number of carbonyl (C=O) groups excluding carboxylic acids is 2. The summed E-state index contributed by atoms with van der Waals surface area (Å²) in [7, 11) is 0. The molecule has 1 amide bonds. The molecule has 0 unspecified atom stereocenters. The number of amides is 1. The predicted octanol–water partition coefficient (Wildman–Crippen LogP) is 6.28. The quantitative estimate of drug-likeness (QED) is 0.119. The Morgan fingerprint density at radius 2 is 1.37 bits per heavy atom. The highest BCUT2D eigenvalue weighted by atomic mass is 19.3. The molecular weight excluding hydrogens is 536 g/mol. The minimum absolute atomic E-state index is 0.0397. The number of halogens is 2. The van der Waals surface area contributed by atoms with Crippen LogP contribution in [0, 0.1) is 0 Å². The summed E-state index contributed by atoms with van der Waals surface area (Å²) in [6, 6.07) is 16.6. The number of hydrogen-bond donors (Lipinski definition) is 2. The van der Waals surface area contributed by atoms with Gasteiger partial charge in [-0.15, -0.1) is 0 Å². The Morgan fingerprint density at radius 1 is 0.780 bits per heavy atom. The standard InChI is InChI=1S/C31H33F2NO7/c1-2-3-4-5-6-19-39-24-15-11-23(12-16-24)30(38)40-25-13-7-21(8-14-25)20-27(29(36)37)34-28(35)22-9-17-26(18-10-22)41-31(32)33/h7-18,27,31H,2-6,19-20H2,1H3,(H,34,35)(H,36,37)/t27-/m0/s1. The fourth-order valence-electron chi connectivity index (χ4n) is 3.91. The maximum atomic E-state index is 12.5. The highest BCUT2D eigenvalue weighted by molar-refractivity contribution is 5.96. The molecular formula is C31H33F2NO7. The summed E-state index contributed by atoms with van der Waals surface area (Å²) in [4.78, 5) is 36.8. The van der Waals surface area contributed by atoms with E-state index in [-0.39, 0.29) is 23.5 Å². The van der Waals surface area contributed by atoms with E-state index in [0.29, 0.717) is 23.5 Å². The Labute approximate surface area is 237 Å². The lowest BCUT2D eigenvalue weighted by Crippen LogP contribution is -2.42. The van der Waals surface area contributed by atoms with Gasteiger partial charge in [0.25, 0.3) is 5.91 Å².